The van der Waals surface area contributed by atoms with E-state index in [0.717, 1.165) is 24.9 Å². The highest BCUT2D eigenvalue weighted by Crippen LogP contribution is 2.34. The first-order valence-electron chi connectivity index (χ1n) is 5.69. The van der Waals surface area contributed by atoms with Crippen LogP contribution in [-0.2, 0) is 5.54 Å². The molecule has 1 fully saturated rings. The fourth-order valence-corrected chi connectivity index (χ4v) is 2.50. The number of aryl methyl sites for hydroxylation is 1. The van der Waals surface area contributed by atoms with E-state index < -0.39 is 0 Å². The molecular weight excluding hydrogens is 189 g/mol. The summed E-state index contributed by atoms with van der Waals surface area (Å²) in [5.74, 6) is -0.108. The van der Waals surface area contributed by atoms with Gasteiger partial charge in [-0.25, -0.2) is 4.39 Å². The maximum absolute atomic E-state index is 13.2. The Morgan fingerprint density at radius 3 is 2.80 bits per heavy atom. The summed E-state index contributed by atoms with van der Waals surface area (Å²) in [6, 6.07) is 5.49. The van der Waals surface area contributed by atoms with Gasteiger partial charge in [0.2, 0.25) is 0 Å². The van der Waals surface area contributed by atoms with Crippen molar-refractivity contribution in [1.82, 2.24) is 5.32 Å². The Kier molecular flexibility index (Phi) is 2.79. The maximum atomic E-state index is 13.2. The van der Waals surface area contributed by atoms with Crippen LogP contribution in [0.4, 0.5) is 4.39 Å². The van der Waals surface area contributed by atoms with Crippen molar-refractivity contribution < 1.29 is 4.39 Å². The minimum absolute atomic E-state index is 0.0957. The van der Waals surface area contributed by atoms with Gasteiger partial charge in [-0.15, -0.1) is 0 Å². The minimum Gasteiger partial charge on any atom is -0.307 e. The molecule has 1 heterocycles. The van der Waals surface area contributed by atoms with Crippen molar-refractivity contribution in [2.75, 3.05) is 6.54 Å². The summed E-state index contributed by atoms with van der Waals surface area (Å²) in [6.45, 7) is 5.10. The van der Waals surface area contributed by atoms with Crippen LogP contribution in [-0.4, -0.2) is 6.54 Å². The van der Waals surface area contributed by atoms with Crippen molar-refractivity contribution in [3.63, 3.8) is 0 Å². The van der Waals surface area contributed by atoms with Gasteiger partial charge in [0.25, 0.3) is 0 Å². The van der Waals surface area contributed by atoms with Crippen molar-refractivity contribution in [1.29, 1.82) is 0 Å². The number of hydrogen-bond donors (Lipinski definition) is 1. The van der Waals surface area contributed by atoms with E-state index in [9.17, 15) is 4.39 Å². The summed E-state index contributed by atoms with van der Waals surface area (Å²) in [6.07, 6.45) is 3.44. The third-order valence-electron chi connectivity index (χ3n) is 3.56. The lowest BCUT2D eigenvalue weighted by Crippen LogP contribution is -2.36. The monoisotopic (exact) mass is 207 g/mol. The smallest absolute Gasteiger partial charge is 0.126 e. The van der Waals surface area contributed by atoms with E-state index in [1.807, 2.05) is 19.1 Å². The number of hydrogen-bond acceptors (Lipinski definition) is 1. The molecule has 1 aliphatic heterocycles. The molecule has 1 unspecified atom stereocenters. The average Bonchev–Trinajstić information content (AvgIpc) is 2.72. The van der Waals surface area contributed by atoms with Crippen LogP contribution in [0.25, 0.3) is 0 Å². The molecule has 1 saturated heterocycles. The molecule has 0 saturated carbocycles. The quantitative estimate of drug-likeness (QED) is 0.785. The van der Waals surface area contributed by atoms with Crippen molar-refractivity contribution in [2.45, 2.75) is 38.6 Å². The lowest BCUT2D eigenvalue weighted by Gasteiger charge is -2.29. The zero-order valence-electron chi connectivity index (χ0n) is 9.44. The number of benzene rings is 1. The lowest BCUT2D eigenvalue weighted by atomic mass is 9.85. The largest absolute Gasteiger partial charge is 0.307 e. The Bertz CT molecular complexity index is 354. The van der Waals surface area contributed by atoms with E-state index in [2.05, 4.69) is 12.2 Å². The van der Waals surface area contributed by atoms with Gasteiger partial charge in [0.05, 0.1) is 0 Å². The highest BCUT2D eigenvalue weighted by atomic mass is 19.1. The van der Waals surface area contributed by atoms with Crippen molar-refractivity contribution >= 4 is 0 Å². The molecule has 0 aliphatic carbocycles. The molecule has 0 amide bonds. The molecule has 1 aliphatic rings. The van der Waals surface area contributed by atoms with Gasteiger partial charge in [-0.2, -0.15) is 0 Å². The molecule has 1 atom stereocenters. The van der Waals surface area contributed by atoms with Gasteiger partial charge < -0.3 is 5.32 Å². The molecule has 82 valence electrons. The van der Waals surface area contributed by atoms with Gasteiger partial charge in [-0.05, 0) is 49.9 Å². The zero-order chi connectivity index (χ0) is 10.9. The Balaban J connectivity index is 2.38. The Morgan fingerprint density at radius 1 is 1.47 bits per heavy atom. The van der Waals surface area contributed by atoms with Gasteiger partial charge >= 0.3 is 0 Å². The van der Waals surface area contributed by atoms with Crippen LogP contribution in [0.3, 0.4) is 0 Å². The molecule has 0 radical (unpaired) electrons. The van der Waals surface area contributed by atoms with Crippen LogP contribution in [0, 0.1) is 12.7 Å². The Morgan fingerprint density at radius 2 is 2.27 bits per heavy atom. The van der Waals surface area contributed by atoms with E-state index >= 15 is 0 Å². The molecule has 1 nitrogen and oxygen atoms in total. The summed E-state index contributed by atoms with van der Waals surface area (Å²) >= 11 is 0. The zero-order valence-corrected chi connectivity index (χ0v) is 9.44. The predicted molar refractivity (Wildman–Crippen MR) is 60.3 cm³/mol. The van der Waals surface area contributed by atoms with Crippen LogP contribution < -0.4 is 5.32 Å². The second-order valence-electron chi connectivity index (χ2n) is 4.43. The summed E-state index contributed by atoms with van der Waals surface area (Å²) in [5.41, 5.74) is 2.08. The highest BCUT2D eigenvalue weighted by molar-refractivity contribution is 5.30. The standard InChI is InChI=1S/C13H18FN/c1-3-13(7-4-8-15-13)11-5-6-12(14)10(2)9-11/h5-6,9,15H,3-4,7-8H2,1-2H3. The second-order valence-corrected chi connectivity index (χ2v) is 4.43. The van der Waals surface area contributed by atoms with Crippen LogP contribution in [0.2, 0.25) is 0 Å². The maximum Gasteiger partial charge on any atom is 0.126 e. The summed E-state index contributed by atoms with van der Waals surface area (Å²) < 4.78 is 13.2. The van der Waals surface area contributed by atoms with E-state index in [-0.39, 0.29) is 11.4 Å². The lowest BCUT2D eigenvalue weighted by molar-refractivity contribution is 0.375. The van der Waals surface area contributed by atoms with Crippen LogP contribution in [0.15, 0.2) is 18.2 Å². The molecule has 1 aromatic carbocycles. The third kappa shape index (κ3) is 1.78. The van der Waals surface area contributed by atoms with Crippen LogP contribution in [0.1, 0.15) is 37.3 Å². The highest BCUT2D eigenvalue weighted by Gasteiger charge is 2.33. The van der Waals surface area contributed by atoms with Gasteiger partial charge in [-0.3, -0.25) is 0 Å². The fraction of sp³-hybridized carbons (Fsp3) is 0.538. The first kappa shape index (κ1) is 10.6. The summed E-state index contributed by atoms with van der Waals surface area (Å²) in [7, 11) is 0. The average molecular weight is 207 g/mol. The van der Waals surface area contributed by atoms with Gasteiger partial charge in [0.1, 0.15) is 5.82 Å². The molecule has 0 spiro atoms. The van der Waals surface area contributed by atoms with E-state index in [0.29, 0.717) is 0 Å². The summed E-state index contributed by atoms with van der Waals surface area (Å²) in [5, 5.41) is 3.56. The molecule has 15 heavy (non-hydrogen) atoms. The molecule has 2 heteroatoms. The van der Waals surface area contributed by atoms with Crippen LogP contribution >= 0.6 is 0 Å². The van der Waals surface area contributed by atoms with E-state index in [4.69, 9.17) is 0 Å². The normalized spacial score (nSPS) is 25.8. The Hall–Kier alpha value is -0.890. The molecule has 0 bridgehead atoms. The predicted octanol–water partition coefficient (Wildman–Crippen LogP) is 3.12. The van der Waals surface area contributed by atoms with Crippen molar-refractivity contribution in [2.24, 2.45) is 0 Å². The number of nitrogens with one attached hydrogen (secondary N) is 1. The van der Waals surface area contributed by atoms with E-state index in [1.54, 1.807) is 6.07 Å². The molecule has 2 rings (SSSR count). The molecule has 1 N–H and O–H groups in total. The van der Waals surface area contributed by atoms with Gasteiger partial charge in [0, 0.05) is 5.54 Å². The SMILES string of the molecule is CCC1(c2ccc(F)c(C)c2)CCCN1. The van der Waals surface area contributed by atoms with Crippen molar-refractivity contribution in [3.8, 4) is 0 Å². The van der Waals surface area contributed by atoms with Gasteiger partial charge in [-0.1, -0.05) is 19.1 Å². The fourth-order valence-electron chi connectivity index (χ4n) is 2.50. The Labute approximate surface area is 90.7 Å². The second kappa shape index (κ2) is 3.93. The third-order valence-corrected chi connectivity index (χ3v) is 3.56. The molecular formula is C13H18FN. The first-order chi connectivity index (χ1) is 7.18. The van der Waals surface area contributed by atoms with Crippen LogP contribution in [0.5, 0.6) is 0 Å². The van der Waals surface area contributed by atoms with Crippen molar-refractivity contribution in [3.05, 3.63) is 35.1 Å². The van der Waals surface area contributed by atoms with Gasteiger partial charge in [0.15, 0.2) is 0 Å². The minimum atomic E-state index is -0.108. The topological polar surface area (TPSA) is 12.0 Å². The first-order valence-corrected chi connectivity index (χ1v) is 5.69. The molecule has 0 aromatic heterocycles. The summed E-state index contributed by atoms with van der Waals surface area (Å²) in [4.78, 5) is 0. The van der Waals surface area contributed by atoms with E-state index in [1.165, 1.54) is 12.0 Å². The number of rotatable bonds is 2. The number of halogens is 1. The molecule has 1 aromatic rings.